The van der Waals surface area contributed by atoms with Crippen LogP contribution in [0.3, 0.4) is 0 Å². The summed E-state index contributed by atoms with van der Waals surface area (Å²) < 4.78 is 0. The molecule has 6 nitrogen and oxygen atoms in total. The van der Waals surface area contributed by atoms with Crippen LogP contribution in [0, 0.1) is 0 Å². The molecular weight excluding hydrogens is 316 g/mol. The quantitative estimate of drug-likeness (QED) is 0.851. The van der Waals surface area contributed by atoms with Crippen molar-refractivity contribution >= 4 is 11.9 Å². The van der Waals surface area contributed by atoms with E-state index in [-0.39, 0.29) is 5.91 Å². The molecule has 2 aliphatic heterocycles. The molecule has 0 bridgehead atoms. The lowest BCUT2D eigenvalue weighted by molar-refractivity contribution is -0.121. The van der Waals surface area contributed by atoms with Crippen LogP contribution in [-0.2, 0) is 11.3 Å². The zero-order chi connectivity index (χ0) is 17.6. The molecule has 0 aliphatic carbocycles. The van der Waals surface area contributed by atoms with Gasteiger partial charge in [0.05, 0.1) is 6.54 Å². The lowest BCUT2D eigenvalue weighted by Crippen LogP contribution is -2.50. The zero-order valence-corrected chi connectivity index (χ0v) is 14.9. The van der Waals surface area contributed by atoms with Crippen LogP contribution in [0.1, 0.15) is 31.2 Å². The largest absolute Gasteiger partial charge is 0.341 e. The Bertz CT molecular complexity index is 592. The Kier molecular flexibility index (Phi) is 6.04. The van der Waals surface area contributed by atoms with Gasteiger partial charge in [-0.1, -0.05) is 30.3 Å². The molecule has 0 saturated carbocycles. The van der Waals surface area contributed by atoms with Crippen LogP contribution in [0.2, 0.25) is 0 Å². The molecule has 1 aromatic rings. The molecule has 2 heterocycles. The first-order chi connectivity index (χ1) is 12.2. The number of carbonyl (C=O) groups is 2. The monoisotopic (exact) mass is 344 g/mol. The first-order valence-electron chi connectivity index (χ1n) is 9.21. The molecule has 2 aliphatic rings. The van der Waals surface area contributed by atoms with Crippen molar-refractivity contribution in [2.75, 3.05) is 26.7 Å². The predicted octanol–water partition coefficient (Wildman–Crippen LogP) is 1.57. The first-order valence-corrected chi connectivity index (χ1v) is 9.21. The molecule has 0 aromatic heterocycles. The first kappa shape index (κ1) is 17.9. The maximum Gasteiger partial charge on any atom is 0.321 e. The molecule has 0 radical (unpaired) electrons. The van der Waals surface area contributed by atoms with Crippen molar-refractivity contribution in [2.45, 2.75) is 44.3 Å². The van der Waals surface area contributed by atoms with Crippen molar-refractivity contribution in [2.24, 2.45) is 0 Å². The van der Waals surface area contributed by atoms with Gasteiger partial charge in [0.25, 0.3) is 0 Å². The maximum absolute atomic E-state index is 12.1. The third-order valence-corrected chi connectivity index (χ3v) is 5.33. The fraction of sp³-hybridized carbons (Fsp3) is 0.579. The summed E-state index contributed by atoms with van der Waals surface area (Å²) in [6.45, 7) is 3.32. The van der Waals surface area contributed by atoms with Crippen LogP contribution in [0.25, 0.3) is 0 Å². The van der Waals surface area contributed by atoms with Gasteiger partial charge >= 0.3 is 6.03 Å². The van der Waals surface area contributed by atoms with Gasteiger partial charge in [0.15, 0.2) is 0 Å². The van der Waals surface area contributed by atoms with Crippen molar-refractivity contribution in [3.8, 4) is 0 Å². The second kappa shape index (κ2) is 8.45. The Hall–Kier alpha value is -1.92. The van der Waals surface area contributed by atoms with Gasteiger partial charge < -0.3 is 5.32 Å². The highest BCUT2D eigenvalue weighted by molar-refractivity contribution is 5.95. The Morgan fingerprint density at radius 3 is 2.36 bits per heavy atom. The van der Waals surface area contributed by atoms with E-state index in [1.165, 1.54) is 25.5 Å². The fourth-order valence-corrected chi connectivity index (χ4v) is 4.20. The third-order valence-electron chi connectivity index (χ3n) is 5.33. The highest BCUT2D eigenvalue weighted by Crippen LogP contribution is 2.30. The third kappa shape index (κ3) is 4.58. The molecule has 0 spiro atoms. The SMILES string of the molecule is CNC(=O)NC(=O)CN1CCCC1C1CCCN1Cc1ccccc1. The summed E-state index contributed by atoms with van der Waals surface area (Å²) in [5, 5.41) is 4.80. The van der Waals surface area contributed by atoms with Gasteiger partial charge in [-0.2, -0.15) is 0 Å². The Balaban J connectivity index is 1.60. The minimum absolute atomic E-state index is 0.223. The number of amides is 3. The van der Waals surface area contributed by atoms with Crippen molar-refractivity contribution in [1.29, 1.82) is 0 Å². The van der Waals surface area contributed by atoms with Crippen LogP contribution in [0.5, 0.6) is 0 Å². The molecule has 2 N–H and O–H groups in total. The minimum Gasteiger partial charge on any atom is -0.341 e. The van der Waals surface area contributed by atoms with E-state index in [4.69, 9.17) is 0 Å². The summed E-state index contributed by atoms with van der Waals surface area (Å²) >= 11 is 0. The highest BCUT2D eigenvalue weighted by Gasteiger charge is 2.38. The molecule has 3 rings (SSSR count). The molecule has 136 valence electrons. The average molecular weight is 344 g/mol. The van der Waals surface area contributed by atoms with Crippen molar-refractivity contribution in [3.05, 3.63) is 35.9 Å². The summed E-state index contributed by atoms with van der Waals surface area (Å²) in [6, 6.07) is 11.0. The second-order valence-electron chi connectivity index (χ2n) is 6.97. The van der Waals surface area contributed by atoms with Gasteiger partial charge in [-0.15, -0.1) is 0 Å². The molecule has 2 unspecified atom stereocenters. The van der Waals surface area contributed by atoms with E-state index < -0.39 is 6.03 Å². The smallest absolute Gasteiger partial charge is 0.321 e. The molecule has 6 heteroatoms. The van der Waals surface area contributed by atoms with Crippen LogP contribution in [-0.4, -0.2) is 60.5 Å². The standard InChI is InChI=1S/C19H28N4O2/c1-20-19(25)21-18(24)14-23-12-6-10-17(23)16-9-5-11-22(16)13-15-7-3-2-4-8-15/h2-4,7-8,16-17H,5-6,9-14H2,1H3,(H2,20,21,24,25). The van der Waals surface area contributed by atoms with Crippen molar-refractivity contribution < 1.29 is 9.59 Å². The number of hydrogen-bond acceptors (Lipinski definition) is 4. The second-order valence-corrected chi connectivity index (χ2v) is 6.97. The van der Waals surface area contributed by atoms with Gasteiger partial charge in [-0.05, 0) is 44.3 Å². The van der Waals surface area contributed by atoms with Gasteiger partial charge in [-0.3, -0.25) is 19.9 Å². The van der Waals surface area contributed by atoms with Crippen LogP contribution < -0.4 is 10.6 Å². The van der Waals surface area contributed by atoms with E-state index >= 15 is 0 Å². The molecule has 1 aromatic carbocycles. The van der Waals surface area contributed by atoms with E-state index in [2.05, 4.69) is 50.8 Å². The summed E-state index contributed by atoms with van der Waals surface area (Å²) in [5.74, 6) is -0.223. The van der Waals surface area contributed by atoms with Gasteiger partial charge in [0, 0.05) is 25.7 Å². The average Bonchev–Trinajstić information content (AvgIpc) is 3.24. The van der Waals surface area contributed by atoms with Crippen LogP contribution in [0.4, 0.5) is 4.79 Å². The highest BCUT2D eigenvalue weighted by atomic mass is 16.2. The Morgan fingerprint density at radius 1 is 1.04 bits per heavy atom. The number of nitrogens with zero attached hydrogens (tertiary/aromatic N) is 2. The number of imide groups is 1. The summed E-state index contributed by atoms with van der Waals surface area (Å²) in [5.41, 5.74) is 1.34. The van der Waals surface area contributed by atoms with Crippen molar-refractivity contribution in [3.63, 3.8) is 0 Å². The molecule has 3 amide bonds. The number of hydrogen-bond donors (Lipinski definition) is 2. The van der Waals surface area contributed by atoms with E-state index in [9.17, 15) is 9.59 Å². The van der Waals surface area contributed by atoms with Crippen molar-refractivity contribution in [1.82, 2.24) is 20.4 Å². The zero-order valence-electron chi connectivity index (χ0n) is 14.9. The summed E-state index contributed by atoms with van der Waals surface area (Å²) in [6.07, 6.45) is 4.65. The van der Waals surface area contributed by atoms with Crippen LogP contribution >= 0.6 is 0 Å². The number of benzene rings is 1. The lowest BCUT2D eigenvalue weighted by Gasteiger charge is -2.34. The maximum atomic E-state index is 12.1. The minimum atomic E-state index is -0.438. The summed E-state index contributed by atoms with van der Waals surface area (Å²) in [4.78, 5) is 28.2. The van der Waals surface area contributed by atoms with E-state index in [1.54, 1.807) is 0 Å². The normalized spacial score (nSPS) is 24.4. The van der Waals surface area contributed by atoms with Gasteiger partial charge in [0.2, 0.25) is 5.91 Å². The molecular formula is C19H28N4O2. The van der Waals surface area contributed by atoms with E-state index in [0.29, 0.717) is 18.6 Å². The van der Waals surface area contributed by atoms with Gasteiger partial charge in [-0.25, -0.2) is 4.79 Å². The number of likely N-dealkylation sites (tertiary alicyclic amines) is 2. The van der Waals surface area contributed by atoms with E-state index in [1.807, 2.05) is 0 Å². The molecule has 25 heavy (non-hydrogen) atoms. The Labute approximate surface area is 149 Å². The topological polar surface area (TPSA) is 64.7 Å². The number of urea groups is 1. The Morgan fingerprint density at radius 2 is 1.68 bits per heavy atom. The lowest BCUT2D eigenvalue weighted by atomic mass is 10.0. The van der Waals surface area contributed by atoms with Crippen LogP contribution in [0.15, 0.2) is 30.3 Å². The number of nitrogens with one attached hydrogen (secondary N) is 2. The number of carbonyl (C=O) groups excluding carboxylic acids is 2. The van der Waals surface area contributed by atoms with Gasteiger partial charge in [0.1, 0.15) is 0 Å². The molecule has 2 saturated heterocycles. The fourth-order valence-electron chi connectivity index (χ4n) is 4.20. The molecule has 2 fully saturated rings. The summed E-state index contributed by atoms with van der Waals surface area (Å²) in [7, 11) is 1.52. The predicted molar refractivity (Wildman–Crippen MR) is 97.1 cm³/mol. The van der Waals surface area contributed by atoms with E-state index in [0.717, 1.165) is 32.5 Å². The number of rotatable bonds is 5. The molecule has 2 atom stereocenters.